The van der Waals surface area contributed by atoms with Crippen LogP contribution in [-0.2, 0) is 16.0 Å². The van der Waals surface area contributed by atoms with Crippen LogP contribution in [0.5, 0.6) is 0 Å². The van der Waals surface area contributed by atoms with Crippen LogP contribution in [0.15, 0.2) is 54.6 Å². The lowest BCUT2D eigenvalue weighted by Crippen LogP contribution is -2.40. The highest BCUT2D eigenvalue weighted by Gasteiger charge is 2.43. The fourth-order valence-corrected chi connectivity index (χ4v) is 3.29. The van der Waals surface area contributed by atoms with Gasteiger partial charge in [-0.2, -0.15) is 0 Å². The molecule has 2 aromatic rings. The minimum atomic E-state index is -0.790. The molecule has 0 fully saturated rings. The number of carbonyl (C=O) groups is 2. The molecule has 1 unspecified atom stereocenters. The van der Waals surface area contributed by atoms with E-state index in [1.165, 1.54) is 0 Å². The minimum absolute atomic E-state index is 0.139. The predicted molar refractivity (Wildman–Crippen MR) is 93.0 cm³/mol. The molecule has 3 heteroatoms. The van der Waals surface area contributed by atoms with Crippen LogP contribution in [0, 0.1) is 5.92 Å². The van der Waals surface area contributed by atoms with Gasteiger partial charge in [0.2, 0.25) is 0 Å². The molecule has 0 heterocycles. The number of Topliss-reactive ketones (excluding diaryl/α,β-unsaturated/α-hetero) is 1. The first kappa shape index (κ1) is 16.4. The van der Waals surface area contributed by atoms with Crippen LogP contribution in [0.25, 0.3) is 0 Å². The molecule has 0 amide bonds. The maximum Gasteiger partial charge on any atom is 0.318 e. The first-order chi connectivity index (χ1) is 11.4. The van der Waals surface area contributed by atoms with Crippen molar-refractivity contribution < 1.29 is 14.3 Å². The molecule has 1 aliphatic carbocycles. The summed E-state index contributed by atoms with van der Waals surface area (Å²) >= 11 is 0. The van der Waals surface area contributed by atoms with Crippen LogP contribution in [0.4, 0.5) is 0 Å². The van der Waals surface area contributed by atoms with Gasteiger partial charge in [-0.1, -0.05) is 54.6 Å². The van der Waals surface area contributed by atoms with Crippen molar-refractivity contribution in [2.45, 2.75) is 38.7 Å². The fourth-order valence-electron chi connectivity index (χ4n) is 3.29. The van der Waals surface area contributed by atoms with Gasteiger partial charge in [0, 0.05) is 11.5 Å². The summed E-state index contributed by atoms with van der Waals surface area (Å²) in [7, 11) is 0. The lowest BCUT2D eigenvalue weighted by molar-refractivity contribution is -0.158. The van der Waals surface area contributed by atoms with E-state index in [1.807, 2.05) is 69.3 Å². The molecule has 2 atom stereocenters. The molecule has 124 valence electrons. The van der Waals surface area contributed by atoms with E-state index in [4.69, 9.17) is 4.74 Å². The normalized spacial score (nSPS) is 20.4. The molecule has 0 bridgehead atoms. The van der Waals surface area contributed by atoms with Gasteiger partial charge in [0.05, 0.1) is 0 Å². The maximum absolute atomic E-state index is 13.0. The van der Waals surface area contributed by atoms with Gasteiger partial charge in [0.15, 0.2) is 5.78 Å². The lowest BCUT2D eigenvalue weighted by Gasteiger charge is -2.32. The maximum atomic E-state index is 13.0. The van der Waals surface area contributed by atoms with Gasteiger partial charge in [-0.05, 0) is 38.3 Å². The van der Waals surface area contributed by atoms with Crippen molar-refractivity contribution in [2.75, 3.05) is 0 Å². The third-order valence-electron chi connectivity index (χ3n) is 4.30. The van der Waals surface area contributed by atoms with Crippen LogP contribution in [-0.4, -0.2) is 17.4 Å². The number of benzene rings is 2. The number of hydrogen-bond donors (Lipinski definition) is 0. The standard InChI is InChI=1S/C21H22O3/c1-21(2,3)24-20(23)18-17(14-9-5-4-6-10-14)13-15-11-7-8-12-16(15)19(18)22/h4-12,17-18H,13H2,1-3H3/t17-,18?/m1/s1. The van der Waals surface area contributed by atoms with Gasteiger partial charge < -0.3 is 4.74 Å². The molecule has 3 rings (SSSR count). The fraction of sp³-hybridized carbons (Fsp3) is 0.333. The monoisotopic (exact) mass is 322 g/mol. The molecule has 0 saturated carbocycles. The topological polar surface area (TPSA) is 43.4 Å². The number of rotatable bonds is 2. The summed E-state index contributed by atoms with van der Waals surface area (Å²) in [5, 5.41) is 0. The Morgan fingerprint density at radius 1 is 1.00 bits per heavy atom. The molecule has 0 radical (unpaired) electrons. The van der Waals surface area contributed by atoms with E-state index in [2.05, 4.69) is 0 Å². The van der Waals surface area contributed by atoms with Crippen LogP contribution in [0.1, 0.15) is 48.2 Å². The second kappa shape index (κ2) is 6.23. The van der Waals surface area contributed by atoms with Gasteiger partial charge in [0.1, 0.15) is 11.5 Å². The van der Waals surface area contributed by atoms with E-state index in [-0.39, 0.29) is 11.7 Å². The number of hydrogen-bond acceptors (Lipinski definition) is 3. The number of esters is 1. The highest BCUT2D eigenvalue weighted by atomic mass is 16.6. The Kier molecular flexibility index (Phi) is 4.27. The van der Waals surface area contributed by atoms with E-state index in [0.717, 1.165) is 11.1 Å². The Morgan fingerprint density at radius 2 is 1.62 bits per heavy atom. The summed E-state index contributed by atoms with van der Waals surface area (Å²) in [4.78, 5) is 25.8. The van der Waals surface area contributed by atoms with E-state index in [1.54, 1.807) is 6.07 Å². The van der Waals surface area contributed by atoms with Gasteiger partial charge in [-0.15, -0.1) is 0 Å². The molecule has 0 saturated heterocycles. The summed E-state index contributed by atoms with van der Waals surface area (Å²) < 4.78 is 5.55. The summed E-state index contributed by atoms with van der Waals surface area (Å²) in [6, 6.07) is 17.3. The molecule has 24 heavy (non-hydrogen) atoms. The van der Waals surface area contributed by atoms with Crippen LogP contribution >= 0.6 is 0 Å². The average molecular weight is 322 g/mol. The summed E-state index contributed by atoms with van der Waals surface area (Å²) in [6.45, 7) is 5.47. The number of ketones is 1. The smallest absolute Gasteiger partial charge is 0.318 e. The first-order valence-electron chi connectivity index (χ1n) is 8.27. The van der Waals surface area contributed by atoms with Crippen molar-refractivity contribution in [1.29, 1.82) is 0 Å². The molecular formula is C21H22O3. The number of carbonyl (C=O) groups excluding carboxylic acids is 2. The Balaban J connectivity index is 2.04. The van der Waals surface area contributed by atoms with Crippen molar-refractivity contribution in [1.82, 2.24) is 0 Å². The average Bonchev–Trinajstić information content (AvgIpc) is 2.54. The van der Waals surface area contributed by atoms with Gasteiger partial charge in [-0.25, -0.2) is 0 Å². The summed E-state index contributed by atoms with van der Waals surface area (Å²) in [5.74, 6) is -1.55. The van der Waals surface area contributed by atoms with Gasteiger partial charge >= 0.3 is 5.97 Å². The van der Waals surface area contributed by atoms with Crippen molar-refractivity contribution >= 4 is 11.8 Å². The second-order valence-corrected chi connectivity index (χ2v) is 7.25. The molecule has 1 aliphatic rings. The van der Waals surface area contributed by atoms with Crippen LogP contribution in [0.2, 0.25) is 0 Å². The molecular weight excluding hydrogens is 300 g/mol. The lowest BCUT2D eigenvalue weighted by atomic mass is 9.72. The van der Waals surface area contributed by atoms with Crippen LogP contribution < -0.4 is 0 Å². The Morgan fingerprint density at radius 3 is 2.29 bits per heavy atom. The van der Waals surface area contributed by atoms with Crippen molar-refractivity contribution in [3.8, 4) is 0 Å². The Labute approximate surface area is 142 Å². The third kappa shape index (κ3) is 3.25. The third-order valence-corrected chi connectivity index (χ3v) is 4.30. The zero-order valence-corrected chi connectivity index (χ0v) is 14.3. The van der Waals surface area contributed by atoms with E-state index >= 15 is 0 Å². The highest BCUT2D eigenvalue weighted by molar-refractivity contribution is 6.11. The molecule has 0 spiro atoms. The molecule has 2 aromatic carbocycles. The Bertz CT molecular complexity index is 756. The van der Waals surface area contributed by atoms with Crippen molar-refractivity contribution in [2.24, 2.45) is 5.92 Å². The highest BCUT2D eigenvalue weighted by Crippen LogP contribution is 2.38. The summed E-state index contributed by atoms with van der Waals surface area (Å²) in [6.07, 6.45) is 0.663. The van der Waals surface area contributed by atoms with E-state index in [0.29, 0.717) is 12.0 Å². The molecule has 0 N–H and O–H groups in total. The zero-order chi connectivity index (χ0) is 17.3. The number of fused-ring (bicyclic) bond motifs is 1. The SMILES string of the molecule is CC(C)(C)OC(=O)C1C(=O)c2ccccc2C[C@@H]1c1ccccc1. The van der Waals surface area contributed by atoms with Gasteiger partial charge in [0.25, 0.3) is 0 Å². The van der Waals surface area contributed by atoms with Crippen LogP contribution in [0.3, 0.4) is 0 Å². The largest absolute Gasteiger partial charge is 0.459 e. The van der Waals surface area contributed by atoms with Crippen molar-refractivity contribution in [3.05, 3.63) is 71.3 Å². The Hall–Kier alpha value is -2.42. The number of ether oxygens (including phenoxy) is 1. The van der Waals surface area contributed by atoms with Gasteiger partial charge in [-0.3, -0.25) is 9.59 Å². The molecule has 0 aromatic heterocycles. The zero-order valence-electron chi connectivity index (χ0n) is 14.3. The quantitative estimate of drug-likeness (QED) is 0.616. The summed E-state index contributed by atoms with van der Waals surface area (Å²) in [5.41, 5.74) is 2.02. The minimum Gasteiger partial charge on any atom is -0.459 e. The van der Waals surface area contributed by atoms with E-state index < -0.39 is 17.5 Å². The molecule has 3 nitrogen and oxygen atoms in total. The first-order valence-corrected chi connectivity index (χ1v) is 8.27. The van der Waals surface area contributed by atoms with E-state index in [9.17, 15) is 9.59 Å². The van der Waals surface area contributed by atoms with Crippen molar-refractivity contribution in [3.63, 3.8) is 0 Å². The molecule has 0 aliphatic heterocycles. The predicted octanol–water partition coefficient (Wildman–Crippen LogP) is 4.17. The second-order valence-electron chi connectivity index (χ2n) is 7.25.